The molecule has 3 N–H and O–H groups in total. The van der Waals surface area contributed by atoms with E-state index < -0.39 is 24.1 Å². The monoisotopic (exact) mass is 488 g/mol. The van der Waals surface area contributed by atoms with Gasteiger partial charge < -0.3 is 20.7 Å². The molecule has 0 spiro atoms. The Labute approximate surface area is 198 Å². The quantitative estimate of drug-likeness (QED) is 0.285. The number of hydrogen-bond donors (Lipinski definition) is 2. The van der Waals surface area contributed by atoms with Crippen LogP contribution in [0.5, 0.6) is 5.75 Å². The Balaban J connectivity index is 1.89. The van der Waals surface area contributed by atoms with Gasteiger partial charge in [0.2, 0.25) is 12.4 Å². The summed E-state index contributed by atoms with van der Waals surface area (Å²) in [6.45, 7) is 3.28. The van der Waals surface area contributed by atoms with Crippen LogP contribution in [0, 0.1) is 0 Å². The van der Waals surface area contributed by atoms with Crippen molar-refractivity contribution in [1.82, 2.24) is 24.8 Å². The number of nitrogen functional groups attached to an aromatic ring is 1. The summed E-state index contributed by atoms with van der Waals surface area (Å²) in [4.78, 5) is 29.5. The number of rotatable bonds is 8. The number of hydrogen-bond acceptors (Lipinski definition) is 6. The molecule has 35 heavy (non-hydrogen) atoms. The Kier molecular flexibility index (Phi) is 7.43. The number of pyridine rings is 1. The van der Waals surface area contributed by atoms with Gasteiger partial charge in [-0.1, -0.05) is 18.2 Å². The minimum absolute atomic E-state index is 0.0963. The summed E-state index contributed by atoms with van der Waals surface area (Å²) in [6, 6.07) is 8.16. The number of fused-ring (bicyclic) bond motifs is 1. The van der Waals surface area contributed by atoms with Crippen LogP contribution in [0.3, 0.4) is 0 Å². The molecule has 0 saturated heterocycles. The summed E-state index contributed by atoms with van der Waals surface area (Å²) >= 11 is 0. The minimum Gasteiger partial charge on any atom is -0.405 e. The predicted molar refractivity (Wildman–Crippen MR) is 123 cm³/mol. The molecule has 0 aliphatic carbocycles. The molecule has 1 aromatic carbocycles. The number of carbonyl (C=O) groups is 2. The number of nitrogens with two attached hydrogens (primary N) is 1. The molecule has 184 valence electrons. The number of alkyl halides is 3. The first kappa shape index (κ1) is 25.3. The SMILES string of the molecule is C/C(=C\C(=C/N(C)C=O)C(=O)NC(C)c1ccccc1OC(F)(F)F)c1ccn2nc(N)nc2c1. The Bertz CT molecular complexity index is 1300. The van der Waals surface area contributed by atoms with Gasteiger partial charge in [0.25, 0.3) is 5.91 Å². The number of halogens is 3. The maximum absolute atomic E-state index is 13.1. The van der Waals surface area contributed by atoms with E-state index in [1.807, 2.05) is 0 Å². The molecule has 0 radical (unpaired) electrons. The van der Waals surface area contributed by atoms with Gasteiger partial charge in [0, 0.05) is 25.0 Å². The standard InChI is InChI=1S/C23H23F3N6O3/c1-14(16-8-9-32-20(11-16)29-22(27)30-32)10-17(12-31(3)13-33)21(34)28-15(2)18-6-4-5-7-19(18)35-23(24,25)26/h4-13,15H,1-3H3,(H2,27,30)(H,28,34)/b14-10+,17-12+. The third-order valence-corrected chi connectivity index (χ3v) is 4.91. The lowest BCUT2D eigenvalue weighted by Crippen LogP contribution is -2.29. The van der Waals surface area contributed by atoms with Gasteiger partial charge in [-0.15, -0.1) is 18.3 Å². The molecule has 1 unspecified atom stereocenters. The zero-order valence-electron chi connectivity index (χ0n) is 19.1. The van der Waals surface area contributed by atoms with Gasteiger partial charge in [-0.2, -0.15) is 4.98 Å². The Morgan fingerprint density at radius 3 is 2.69 bits per heavy atom. The summed E-state index contributed by atoms with van der Waals surface area (Å²) in [5.41, 5.74) is 7.72. The van der Waals surface area contributed by atoms with Gasteiger partial charge in [0.15, 0.2) is 5.65 Å². The van der Waals surface area contributed by atoms with Crippen molar-refractivity contribution in [1.29, 1.82) is 0 Å². The van der Waals surface area contributed by atoms with Crippen LogP contribution in [0.25, 0.3) is 11.2 Å². The van der Waals surface area contributed by atoms with Crippen LogP contribution in [0.4, 0.5) is 19.1 Å². The third-order valence-electron chi connectivity index (χ3n) is 4.91. The molecular weight excluding hydrogens is 465 g/mol. The molecule has 0 fully saturated rings. The number of anilines is 1. The van der Waals surface area contributed by atoms with Crippen LogP contribution in [0.1, 0.15) is 31.0 Å². The Hall–Kier alpha value is -4.35. The van der Waals surface area contributed by atoms with E-state index in [4.69, 9.17) is 5.73 Å². The summed E-state index contributed by atoms with van der Waals surface area (Å²) in [6.07, 6.45) is 0.146. The molecule has 3 aromatic rings. The zero-order chi connectivity index (χ0) is 25.8. The largest absolute Gasteiger partial charge is 0.573 e. The van der Waals surface area contributed by atoms with E-state index >= 15 is 0 Å². The van der Waals surface area contributed by atoms with E-state index in [1.165, 1.54) is 49.0 Å². The van der Waals surface area contributed by atoms with E-state index in [0.717, 1.165) is 4.90 Å². The highest BCUT2D eigenvalue weighted by Crippen LogP contribution is 2.30. The van der Waals surface area contributed by atoms with Crippen LogP contribution < -0.4 is 15.8 Å². The van der Waals surface area contributed by atoms with Gasteiger partial charge in [-0.3, -0.25) is 9.59 Å². The number of allylic oxidation sites excluding steroid dienone is 1. The van der Waals surface area contributed by atoms with Gasteiger partial charge in [-0.05, 0) is 49.3 Å². The van der Waals surface area contributed by atoms with Gasteiger partial charge >= 0.3 is 6.36 Å². The molecular formula is C23H23F3N6O3. The highest BCUT2D eigenvalue weighted by molar-refractivity contribution is 5.98. The Morgan fingerprint density at radius 1 is 1.29 bits per heavy atom. The summed E-state index contributed by atoms with van der Waals surface area (Å²) in [7, 11) is 1.45. The zero-order valence-corrected chi connectivity index (χ0v) is 19.1. The van der Waals surface area contributed by atoms with Crippen LogP contribution in [0.15, 0.2) is 60.4 Å². The fourth-order valence-corrected chi connectivity index (χ4v) is 3.29. The number of nitrogens with one attached hydrogen (secondary N) is 1. The Morgan fingerprint density at radius 2 is 2.00 bits per heavy atom. The molecule has 2 amide bonds. The van der Waals surface area contributed by atoms with Crippen molar-refractivity contribution in [3.63, 3.8) is 0 Å². The maximum atomic E-state index is 13.1. The van der Waals surface area contributed by atoms with Gasteiger partial charge in [-0.25, -0.2) is 4.52 Å². The van der Waals surface area contributed by atoms with E-state index in [1.54, 1.807) is 31.3 Å². The molecule has 12 heteroatoms. The molecule has 1 atom stereocenters. The van der Waals surface area contributed by atoms with Crippen LogP contribution in [-0.4, -0.2) is 45.2 Å². The fraction of sp³-hybridized carbons (Fsp3) is 0.217. The number of benzene rings is 1. The number of carbonyl (C=O) groups excluding carboxylic acids is 2. The van der Waals surface area contributed by atoms with E-state index in [2.05, 4.69) is 20.1 Å². The lowest BCUT2D eigenvalue weighted by molar-refractivity contribution is -0.275. The highest BCUT2D eigenvalue weighted by Gasteiger charge is 2.32. The third kappa shape index (κ3) is 6.59. The van der Waals surface area contributed by atoms with Crippen LogP contribution in [0.2, 0.25) is 0 Å². The van der Waals surface area contributed by atoms with E-state index in [0.29, 0.717) is 23.2 Å². The van der Waals surface area contributed by atoms with Crippen molar-refractivity contribution in [2.24, 2.45) is 0 Å². The number of nitrogens with zero attached hydrogens (tertiary/aromatic N) is 4. The fourth-order valence-electron chi connectivity index (χ4n) is 3.29. The topological polar surface area (TPSA) is 115 Å². The number of para-hydroxylation sites is 1. The van der Waals surface area contributed by atoms with Crippen molar-refractivity contribution in [2.45, 2.75) is 26.3 Å². The van der Waals surface area contributed by atoms with Crippen molar-refractivity contribution >= 4 is 29.5 Å². The van der Waals surface area contributed by atoms with Gasteiger partial charge in [0.1, 0.15) is 5.75 Å². The summed E-state index contributed by atoms with van der Waals surface area (Å²) in [5.74, 6) is -0.920. The molecule has 0 bridgehead atoms. The number of aromatic nitrogens is 3. The highest BCUT2D eigenvalue weighted by atomic mass is 19.4. The summed E-state index contributed by atoms with van der Waals surface area (Å²) < 4.78 is 43.9. The second-order valence-corrected chi connectivity index (χ2v) is 7.65. The lowest BCUT2D eigenvalue weighted by atomic mass is 10.0. The predicted octanol–water partition coefficient (Wildman–Crippen LogP) is 3.46. The second kappa shape index (κ2) is 10.3. The average molecular weight is 488 g/mol. The first-order valence-corrected chi connectivity index (χ1v) is 10.3. The molecule has 9 nitrogen and oxygen atoms in total. The van der Waals surface area contributed by atoms with Crippen molar-refractivity contribution in [3.8, 4) is 5.75 Å². The molecule has 0 aliphatic heterocycles. The lowest BCUT2D eigenvalue weighted by Gasteiger charge is -2.20. The van der Waals surface area contributed by atoms with Crippen LogP contribution >= 0.6 is 0 Å². The molecule has 3 rings (SSSR count). The molecule has 2 aromatic heterocycles. The summed E-state index contributed by atoms with van der Waals surface area (Å²) in [5, 5.41) is 6.66. The smallest absolute Gasteiger partial charge is 0.405 e. The maximum Gasteiger partial charge on any atom is 0.573 e. The molecule has 0 saturated carbocycles. The van der Waals surface area contributed by atoms with Crippen LogP contribution in [-0.2, 0) is 9.59 Å². The second-order valence-electron chi connectivity index (χ2n) is 7.65. The minimum atomic E-state index is -4.88. The first-order valence-electron chi connectivity index (χ1n) is 10.3. The average Bonchev–Trinajstić information content (AvgIpc) is 3.16. The number of amides is 2. The molecule has 2 heterocycles. The van der Waals surface area contributed by atoms with Crippen molar-refractivity contribution < 1.29 is 27.5 Å². The van der Waals surface area contributed by atoms with E-state index in [9.17, 15) is 22.8 Å². The van der Waals surface area contributed by atoms with Crippen molar-refractivity contribution in [3.05, 3.63) is 71.6 Å². The van der Waals surface area contributed by atoms with E-state index in [-0.39, 0.29) is 17.1 Å². The van der Waals surface area contributed by atoms with Gasteiger partial charge in [0.05, 0.1) is 11.6 Å². The number of ether oxygens (including phenoxy) is 1. The molecule has 0 aliphatic rings. The van der Waals surface area contributed by atoms with Crippen molar-refractivity contribution in [2.75, 3.05) is 12.8 Å². The normalized spacial score (nSPS) is 13.4. The first-order chi connectivity index (χ1) is 16.5.